The van der Waals surface area contributed by atoms with Crippen molar-refractivity contribution in [2.45, 2.75) is 43.9 Å². The highest BCUT2D eigenvalue weighted by molar-refractivity contribution is 8.00. The van der Waals surface area contributed by atoms with E-state index >= 15 is 0 Å². The smallest absolute Gasteiger partial charge is 0.319 e. The molecule has 0 aromatic heterocycles. The third kappa shape index (κ3) is 6.12. The average molecular weight is 281 g/mol. The molecule has 0 fully saturated rings. The van der Waals surface area contributed by atoms with Crippen LogP contribution in [0.15, 0.2) is 29.2 Å². The molecule has 0 radical (unpaired) electrons. The minimum Gasteiger partial charge on any atom is -0.465 e. The van der Waals surface area contributed by atoms with Crippen LogP contribution >= 0.6 is 11.8 Å². The molecule has 1 rings (SSSR count). The van der Waals surface area contributed by atoms with Crippen LogP contribution in [0.1, 0.15) is 32.8 Å². The Bertz CT molecular complexity index is 395. The Kier molecular flexibility index (Phi) is 7.60. The molecule has 3 nitrogen and oxygen atoms in total. The Hall–Kier alpha value is -1.00. The second kappa shape index (κ2) is 8.99. The van der Waals surface area contributed by atoms with Crippen LogP contribution in [-0.4, -0.2) is 24.4 Å². The minimum absolute atomic E-state index is 0.151. The molecule has 0 aliphatic carbocycles. The Labute approximate surface area is 120 Å². The molecule has 0 heterocycles. The summed E-state index contributed by atoms with van der Waals surface area (Å²) >= 11 is 1.54. The van der Waals surface area contributed by atoms with E-state index in [-0.39, 0.29) is 11.2 Å². The number of hydrogen-bond donors (Lipinski definition) is 1. The van der Waals surface area contributed by atoms with Crippen LogP contribution in [0, 0.1) is 0 Å². The predicted molar refractivity (Wildman–Crippen MR) is 80.4 cm³/mol. The summed E-state index contributed by atoms with van der Waals surface area (Å²) in [6, 6.07) is 8.29. The van der Waals surface area contributed by atoms with Crippen molar-refractivity contribution in [2.75, 3.05) is 13.2 Å². The fraction of sp³-hybridized carbons (Fsp3) is 0.533. The normalized spacial score (nSPS) is 12.2. The van der Waals surface area contributed by atoms with E-state index in [2.05, 4.69) is 24.4 Å². The number of benzene rings is 1. The zero-order valence-corrected chi connectivity index (χ0v) is 12.8. The van der Waals surface area contributed by atoms with E-state index in [1.165, 1.54) is 5.56 Å². The first-order valence-corrected chi connectivity index (χ1v) is 7.68. The Morgan fingerprint density at radius 1 is 1.42 bits per heavy atom. The molecule has 1 atom stereocenters. The minimum atomic E-state index is -0.168. The number of carbonyl (C=O) groups is 1. The molecule has 0 saturated heterocycles. The van der Waals surface area contributed by atoms with Crippen molar-refractivity contribution in [2.24, 2.45) is 0 Å². The van der Waals surface area contributed by atoms with Crippen LogP contribution in [-0.2, 0) is 16.1 Å². The quantitative estimate of drug-likeness (QED) is 0.451. The number of nitrogens with one attached hydrogen (secondary N) is 1. The standard InChI is InChI=1S/C15H23NO2S/c1-4-9-16-11-13-7-6-8-14(10-13)19-12(3)15(17)18-5-2/h6-8,10,12,16H,4-5,9,11H2,1-3H3. The summed E-state index contributed by atoms with van der Waals surface area (Å²) in [6.07, 6.45) is 1.13. The van der Waals surface area contributed by atoms with Crippen molar-refractivity contribution in [3.05, 3.63) is 29.8 Å². The van der Waals surface area contributed by atoms with Crippen molar-refractivity contribution in [1.82, 2.24) is 5.32 Å². The van der Waals surface area contributed by atoms with E-state index in [0.29, 0.717) is 6.61 Å². The highest BCUT2D eigenvalue weighted by Gasteiger charge is 2.15. The van der Waals surface area contributed by atoms with E-state index in [4.69, 9.17) is 4.74 Å². The molecule has 19 heavy (non-hydrogen) atoms. The van der Waals surface area contributed by atoms with Crippen molar-refractivity contribution < 1.29 is 9.53 Å². The summed E-state index contributed by atoms with van der Waals surface area (Å²) in [6.45, 7) is 8.19. The number of ether oxygens (including phenoxy) is 1. The lowest BCUT2D eigenvalue weighted by molar-refractivity contribution is -0.142. The van der Waals surface area contributed by atoms with E-state index in [1.54, 1.807) is 11.8 Å². The maximum absolute atomic E-state index is 11.6. The van der Waals surface area contributed by atoms with Gasteiger partial charge in [-0.1, -0.05) is 19.1 Å². The zero-order valence-electron chi connectivity index (χ0n) is 11.9. The maximum atomic E-state index is 11.6. The van der Waals surface area contributed by atoms with Crippen molar-refractivity contribution >= 4 is 17.7 Å². The highest BCUT2D eigenvalue weighted by atomic mass is 32.2. The Morgan fingerprint density at radius 2 is 2.21 bits per heavy atom. The van der Waals surface area contributed by atoms with E-state index < -0.39 is 0 Å². The SMILES string of the molecule is CCCNCc1cccc(SC(C)C(=O)OCC)c1. The van der Waals surface area contributed by atoms with Gasteiger partial charge in [-0.25, -0.2) is 0 Å². The molecule has 0 aliphatic rings. The Morgan fingerprint density at radius 3 is 2.89 bits per heavy atom. The summed E-state index contributed by atoms with van der Waals surface area (Å²) in [5, 5.41) is 3.21. The molecule has 106 valence electrons. The van der Waals surface area contributed by atoms with Gasteiger partial charge in [0.05, 0.1) is 6.61 Å². The number of thioether (sulfide) groups is 1. The molecule has 1 unspecified atom stereocenters. The molecule has 0 amide bonds. The third-order valence-corrected chi connectivity index (χ3v) is 3.66. The molecule has 0 spiro atoms. The predicted octanol–water partition coefficient (Wildman–Crippen LogP) is 3.23. The average Bonchev–Trinajstić information content (AvgIpc) is 2.40. The molecule has 4 heteroatoms. The van der Waals surface area contributed by atoms with Gasteiger partial charge in [-0.2, -0.15) is 0 Å². The van der Waals surface area contributed by atoms with Crippen LogP contribution < -0.4 is 5.32 Å². The summed E-state index contributed by atoms with van der Waals surface area (Å²) in [7, 11) is 0. The van der Waals surface area contributed by atoms with Crippen molar-refractivity contribution in [1.29, 1.82) is 0 Å². The second-order valence-corrected chi connectivity index (χ2v) is 5.75. The molecule has 1 aromatic carbocycles. The largest absolute Gasteiger partial charge is 0.465 e. The molecular formula is C15H23NO2S. The summed E-state index contributed by atoms with van der Waals surface area (Å²) in [4.78, 5) is 12.7. The van der Waals surface area contributed by atoms with Crippen LogP contribution in [0.25, 0.3) is 0 Å². The first kappa shape index (κ1) is 16.1. The van der Waals surface area contributed by atoms with Gasteiger partial charge in [0, 0.05) is 11.4 Å². The summed E-state index contributed by atoms with van der Waals surface area (Å²) in [5.41, 5.74) is 1.24. The van der Waals surface area contributed by atoms with Crippen molar-refractivity contribution in [3.63, 3.8) is 0 Å². The topological polar surface area (TPSA) is 38.3 Å². The number of esters is 1. The molecule has 0 saturated carbocycles. The van der Waals surface area contributed by atoms with Crippen LogP contribution in [0.3, 0.4) is 0 Å². The lowest BCUT2D eigenvalue weighted by atomic mass is 10.2. The lowest BCUT2D eigenvalue weighted by Crippen LogP contribution is -2.16. The lowest BCUT2D eigenvalue weighted by Gasteiger charge is -2.11. The van der Waals surface area contributed by atoms with E-state index in [0.717, 1.165) is 24.4 Å². The molecule has 0 aliphatic heterocycles. The fourth-order valence-electron chi connectivity index (χ4n) is 1.65. The fourth-order valence-corrected chi connectivity index (χ4v) is 2.60. The zero-order chi connectivity index (χ0) is 14.1. The summed E-state index contributed by atoms with van der Waals surface area (Å²) < 4.78 is 5.01. The van der Waals surface area contributed by atoms with Crippen LogP contribution in [0.4, 0.5) is 0 Å². The van der Waals surface area contributed by atoms with Crippen molar-refractivity contribution in [3.8, 4) is 0 Å². The van der Waals surface area contributed by atoms with Gasteiger partial charge in [-0.15, -0.1) is 11.8 Å². The maximum Gasteiger partial charge on any atom is 0.319 e. The number of hydrogen-bond acceptors (Lipinski definition) is 4. The van der Waals surface area contributed by atoms with E-state index in [1.807, 2.05) is 26.0 Å². The first-order valence-electron chi connectivity index (χ1n) is 6.80. The van der Waals surface area contributed by atoms with Gasteiger partial charge in [0.1, 0.15) is 5.25 Å². The second-order valence-electron chi connectivity index (χ2n) is 4.34. The number of carbonyl (C=O) groups excluding carboxylic acids is 1. The summed E-state index contributed by atoms with van der Waals surface area (Å²) in [5.74, 6) is -0.151. The van der Waals surface area contributed by atoms with E-state index in [9.17, 15) is 4.79 Å². The molecule has 0 bridgehead atoms. The third-order valence-electron chi connectivity index (χ3n) is 2.59. The first-order chi connectivity index (χ1) is 9.17. The van der Waals surface area contributed by atoms with Crippen LogP contribution in [0.2, 0.25) is 0 Å². The Balaban J connectivity index is 2.53. The van der Waals surface area contributed by atoms with Gasteiger partial charge < -0.3 is 10.1 Å². The molecule has 1 N–H and O–H groups in total. The highest BCUT2D eigenvalue weighted by Crippen LogP contribution is 2.24. The van der Waals surface area contributed by atoms with Crippen LogP contribution in [0.5, 0.6) is 0 Å². The molecular weight excluding hydrogens is 258 g/mol. The van der Waals surface area contributed by atoms with Gasteiger partial charge in [0.15, 0.2) is 0 Å². The number of rotatable bonds is 8. The van der Waals surface area contributed by atoms with Gasteiger partial charge in [-0.3, -0.25) is 4.79 Å². The van der Waals surface area contributed by atoms with Gasteiger partial charge in [0.25, 0.3) is 0 Å². The molecule has 1 aromatic rings. The van der Waals surface area contributed by atoms with Gasteiger partial charge >= 0.3 is 5.97 Å². The van der Waals surface area contributed by atoms with Gasteiger partial charge in [-0.05, 0) is 44.5 Å². The van der Waals surface area contributed by atoms with Gasteiger partial charge in [0.2, 0.25) is 0 Å². The monoisotopic (exact) mass is 281 g/mol.